The Kier molecular flexibility index (Phi) is 23.3. The molecule has 3 aliphatic rings. The molecule has 75 heavy (non-hydrogen) atoms. The Balaban J connectivity index is 1.46. The lowest BCUT2D eigenvalue weighted by Gasteiger charge is -2.50. The number of β-amino-alcohol motifs (C(OH)–C–C–N with tert-alkyl or cyclic N) is 1. The van der Waals surface area contributed by atoms with Gasteiger partial charge in [0.2, 0.25) is 0 Å². The van der Waals surface area contributed by atoms with Crippen LogP contribution in [0.5, 0.6) is 0 Å². The number of aromatic nitrogens is 2. The summed E-state index contributed by atoms with van der Waals surface area (Å²) in [7, 11) is 6.72. The number of hydrogen-bond acceptors (Lipinski definition) is 19. The monoisotopic (exact) mass is 1060 g/mol. The summed E-state index contributed by atoms with van der Waals surface area (Å²) in [6, 6.07) is 5.49. The van der Waals surface area contributed by atoms with Gasteiger partial charge in [0.05, 0.1) is 36.9 Å². The number of benzene rings is 1. The molecule has 0 spiro atoms. The summed E-state index contributed by atoms with van der Waals surface area (Å²) in [5.74, 6) is -4.06. The highest BCUT2D eigenvalue weighted by atomic mass is 19.1. The average Bonchev–Trinajstić information content (AvgIpc) is 3.88. The van der Waals surface area contributed by atoms with Gasteiger partial charge in [0.1, 0.15) is 48.3 Å². The van der Waals surface area contributed by atoms with E-state index in [0.717, 1.165) is 6.29 Å². The first-order chi connectivity index (χ1) is 35.6. The zero-order chi connectivity index (χ0) is 55.1. The third-order valence-electron chi connectivity index (χ3n) is 14.3. The molecule has 0 aliphatic carbocycles. The number of carbonyl (C=O) groups excluding carboxylic acids is 5. The van der Waals surface area contributed by atoms with Crippen LogP contribution in [0.15, 0.2) is 42.7 Å². The average molecular weight is 1060 g/mol. The van der Waals surface area contributed by atoms with Crippen LogP contribution in [0, 0.1) is 17.7 Å². The summed E-state index contributed by atoms with van der Waals surface area (Å²) in [4.78, 5) is 68.7. The molecule has 3 fully saturated rings. The van der Waals surface area contributed by atoms with Crippen molar-refractivity contribution >= 4 is 36.2 Å². The Hall–Kier alpha value is -4.71. The highest BCUT2D eigenvalue weighted by Crippen LogP contribution is 2.39. The number of hydrogen-bond donors (Lipinski definition) is 2. The van der Waals surface area contributed by atoms with Crippen molar-refractivity contribution in [3.05, 3.63) is 54.1 Å². The molecule has 2 N–H and O–H groups in total. The molecule has 0 amide bonds. The van der Waals surface area contributed by atoms with Gasteiger partial charge < -0.3 is 67.4 Å². The lowest BCUT2D eigenvalue weighted by molar-refractivity contribution is -0.344. The number of likely N-dealkylation sites (N-methyl/N-ethyl adjacent to an activating group) is 2. The Labute approximate surface area is 440 Å². The standard InChI is InChI=1S/C54H81FN4O16/c1-12-43(63)71-42-29-45(65)70-38(18-14-17-36-20-21-39(55)40(28-36)59-25-16-23-56-59)19-15-24-58(10)31-41(62)32(3)27-37(22-26-60)50(51(42)67-11)74-53-48(66)47(57(8)9)49(33(4)69-53)73-46-30-54(7,75-35(6)61)52(34(5)68-46)72-44(64)13-2/h14,16-17,20-21,23,25-26,28,32-34,37-38,41-42,46-53,62,66H,12-13,15,18-19,22,24,27,29-31H2,1-11H3/b17-14+/t32-,33?,34?,37+,38+,41+,42-,46+,47?,48?,49+,50+,51+,52+,53+,54?/m1/s1. The Bertz CT molecular complexity index is 2180. The van der Waals surface area contributed by atoms with E-state index in [1.807, 2.05) is 24.9 Å². The minimum atomic E-state index is -1.46. The van der Waals surface area contributed by atoms with Gasteiger partial charge >= 0.3 is 23.9 Å². The fraction of sp³-hybridized carbons (Fsp3) is 0.704. The summed E-state index contributed by atoms with van der Waals surface area (Å²) in [5, 5.41) is 28.2. The fourth-order valence-corrected chi connectivity index (χ4v) is 10.4. The highest BCUT2D eigenvalue weighted by molar-refractivity contribution is 5.73. The van der Waals surface area contributed by atoms with E-state index in [1.165, 1.54) is 24.8 Å². The fourth-order valence-electron chi connectivity index (χ4n) is 10.4. The molecule has 0 saturated carbocycles. The molecule has 20 nitrogen and oxygen atoms in total. The molecule has 3 aliphatic heterocycles. The third-order valence-corrected chi connectivity index (χ3v) is 14.3. The quantitative estimate of drug-likeness (QED) is 0.121. The SMILES string of the molecule is CCC(=O)O[C@@H]1CC(=O)O[C@@H](C/C=C/c2ccc(F)c(-n3cccn3)c2)CCCN(C)C[C@H](O)[C@H](C)C[C@H](CC=O)[C@H](O[C@@H]2OC(C)[C@H](O[C@H]3CC(C)(OC(C)=O)[C@@H](OC(=O)CC)C(C)O3)C(N(C)C)C2O)[C@H]1OC. The van der Waals surface area contributed by atoms with Crippen molar-refractivity contribution in [2.24, 2.45) is 11.8 Å². The van der Waals surface area contributed by atoms with E-state index in [4.69, 9.17) is 42.6 Å². The van der Waals surface area contributed by atoms with Crippen molar-refractivity contribution in [1.82, 2.24) is 19.6 Å². The molecule has 1 aromatic carbocycles. The van der Waals surface area contributed by atoms with E-state index >= 15 is 0 Å². The van der Waals surface area contributed by atoms with Gasteiger partial charge in [-0.3, -0.25) is 19.2 Å². The molecule has 5 unspecified atom stereocenters. The van der Waals surface area contributed by atoms with Crippen molar-refractivity contribution in [3.8, 4) is 5.69 Å². The zero-order valence-corrected chi connectivity index (χ0v) is 45.4. The molecular formula is C54H81FN4O16. The molecule has 1 aromatic heterocycles. The van der Waals surface area contributed by atoms with Crippen LogP contribution < -0.4 is 0 Å². The summed E-state index contributed by atoms with van der Waals surface area (Å²) >= 11 is 0. The normalized spacial score (nSPS) is 33.9. The van der Waals surface area contributed by atoms with Crippen LogP contribution >= 0.6 is 0 Å². The molecule has 2 aromatic rings. The van der Waals surface area contributed by atoms with E-state index < -0.39 is 133 Å². The highest BCUT2D eigenvalue weighted by Gasteiger charge is 2.54. The number of cyclic esters (lactones) is 1. The van der Waals surface area contributed by atoms with Gasteiger partial charge in [-0.2, -0.15) is 5.10 Å². The second kappa shape index (κ2) is 28.6. The number of rotatable bonds is 17. The lowest BCUT2D eigenvalue weighted by Crippen LogP contribution is -2.66. The van der Waals surface area contributed by atoms with Crippen molar-refractivity contribution < 1.29 is 81.2 Å². The first-order valence-corrected chi connectivity index (χ1v) is 26.1. The summed E-state index contributed by atoms with van der Waals surface area (Å²) in [5.41, 5.74) is -0.383. The van der Waals surface area contributed by atoms with Gasteiger partial charge in [-0.25, -0.2) is 9.07 Å². The number of esters is 4. The number of carbonyl (C=O) groups is 5. The van der Waals surface area contributed by atoms with Gasteiger partial charge in [0.25, 0.3) is 0 Å². The van der Waals surface area contributed by atoms with Crippen LogP contribution in [0.1, 0.15) is 112 Å². The lowest BCUT2D eigenvalue weighted by atomic mass is 9.82. The predicted octanol–water partition coefficient (Wildman–Crippen LogP) is 4.96. The van der Waals surface area contributed by atoms with Crippen molar-refractivity contribution in [2.75, 3.05) is 41.3 Å². The van der Waals surface area contributed by atoms with Gasteiger partial charge in [-0.05, 0) is 103 Å². The largest absolute Gasteiger partial charge is 0.462 e. The molecule has 3 saturated heterocycles. The van der Waals surface area contributed by atoms with Gasteiger partial charge in [-0.1, -0.05) is 39.0 Å². The Morgan fingerprint density at radius 1 is 1.00 bits per heavy atom. The van der Waals surface area contributed by atoms with Crippen LogP contribution in [0.2, 0.25) is 0 Å². The van der Waals surface area contributed by atoms with Crippen LogP contribution in [0.25, 0.3) is 11.8 Å². The maximum atomic E-state index is 14.8. The minimum Gasteiger partial charge on any atom is -0.462 e. The van der Waals surface area contributed by atoms with Crippen LogP contribution in [-0.4, -0.2) is 187 Å². The number of halogens is 1. The van der Waals surface area contributed by atoms with E-state index in [9.17, 15) is 38.6 Å². The van der Waals surface area contributed by atoms with Crippen LogP contribution in [0.3, 0.4) is 0 Å². The second-order valence-electron chi connectivity index (χ2n) is 20.5. The second-order valence-corrected chi connectivity index (χ2v) is 20.5. The maximum absolute atomic E-state index is 14.8. The smallest absolute Gasteiger partial charge is 0.309 e. The number of aliphatic hydroxyl groups excluding tert-OH is 2. The molecule has 420 valence electrons. The number of aldehydes is 1. The zero-order valence-electron chi connectivity index (χ0n) is 45.4. The van der Waals surface area contributed by atoms with Gasteiger partial charge in [0, 0.05) is 65.1 Å². The molecule has 0 radical (unpaired) electrons. The molecule has 0 bridgehead atoms. The van der Waals surface area contributed by atoms with E-state index in [2.05, 4.69) is 5.10 Å². The molecule has 21 heteroatoms. The number of nitrogens with zero attached hydrogens (tertiary/aromatic N) is 4. The van der Waals surface area contributed by atoms with E-state index in [0.29, 0.717) is 24.9 Å². The minimum absolute atomic E-state index is 0.0370. The van der Waals surface area contributed by atoms with Gasteiger partial charge in [-0.15, -0.1) is 0 Å². The molecule has 4 heterocycles. The van der Waals surface area contributed by atoms with Crippen molar-refractivity contribution in [3.63, 3.8) is 0 Å². The first-order valence-electron chi connectivity index (χ1n) is 26.1. The summed E-state index contributed by atoms with van der Waals surface area (Å²) in [6.07, 6.45) is -4.21. The van der Waals surface area contributed by atoms with Crippen LogP contribution in [-0.2, 0) is 66.6 Å². The molecule has 5 rings (SSSR count). The topological polar surface area (TPSA) is 233 Å². The number of ether oxygens (including phenoxy) is 9. The Morgan fingerprint density at radius 2 is 1.72 bits per heavy atom. The van der Waals surface area contributed by atoms with Gasteiger partial charge in [0.15, 0.2) is 24.3 Å². The molecular weight excluding hydrogens is 980 g/mol. The molecule has 16 atom stereocenters. The summed E-state index contributed by atoms with van der Waals surface area (Å²) in [6.45, 7) is 12.3. The summed E-state index contributed by atoms with van der Waals surface area (Å²) < 4.78 is 72.2. The van der Waals surface area contributed by atoms with Crippen molar-refractivity contribution in [1.29, 1.82) is 0 Å². The van der Waals surface area contributed by atoms with Crippen LogP contribution in [0.4, 0.5) is 4.39 Å². The van der Waals surface area contributed by atoms with Crippen molar-refractivity contribution in [2.45, 2.75) is 192 Å². The predicted molar refractivity (Wildman–Crippen MR) is 270 cm³/mol. The first kappa shape index (κ1) is 61.1. The van der Waals surface area contributed by atoms with E-state index in [1.54, 1.807) is 90.3 Å². The number of aliphatic hydroxyl groups is 2. The Morgan fingerprint density at radius 3 is 2.36 bits per heavy atom. The van der Waals surface area contributed by atoms with E-state index in [-0.39, 0.29) is 50.8 Å². The number of methoxy groups -OCH3 is 1. The third kappa shape index (κ3) is 16.9. The maximum Gasteiger partial charge on any atom is 0.309 e.